The van der Waals surface area contributed by atoms with E-state index >= 15 is 0 Å². The van der Waals surface area contributed by atoms with Crippen LogP contribution in [0.5, 0.6) is 0 Å². The number of rotatable bonds is 0. The van der Waals surface area contributed by atoms with E-state index in [-0.39, 0.29) is 22.5 Å². The third kappa shape index (κ3) is 2.70. The van der Waals surface area contributed by atoms with Crippen LogP contribution in [0.15, 0.2) is 48.5 Å². The molecule has 0 fully saturated rings. The molecule has 2 aromatic carbocycles. The molecule has 3 heteroatoms. The SMILES string of the molecule is [2H]C.[2H]C.[2H]C1([2H])c2ccccc2N(C(=O)Cl)c2ccccc2C1([2H])[2H].[2H][2H].[2H][2H]. The molecule has 0 N–H and O–H groups in total. The Balaban J connectivity index is 0. The van der Waals surface area contributed by atoms with E-state index in [1.165, 1.54) is 26.9 Å². The van der Waals surface area contributed by atoms with Crippen molar-refractivity contribution in [2.45, 2.75) is 27.6 Å². The number of para-hydroxylation sites is 2. The van der Waals surface area contributed by atoms with Gasteiger partial charge < -0.3 is 0 Å². The summed E-state index contributed by atoms with van der Waals surface area (Å²) >= 11 is 5.71. The Labute approximate surface area is 140 Å². The predicted octanol–water partition coefficient (Wildman–Crippen LogP) is 6.05. The highest BCUT2D eigenvalue weighted by atomic mass is 35.5. The minimum atomic E-state index is -2.32. The maximum Gasteiger partial charge on any atom is 0.325 e. The Hall–Kier alpha value is -1.80. The summed E-state index contributed by atoms with van der Waals surface area (Å²) in [4.78, 5) is 13.1. The smallest absolute Gasteiger partial charge is 0.267 e. The minimum Gasteiger partial charge on any atom is -0.267 e. The number of hydrogen-bond donors (Lipinski definition) is 0. The molecule has 20 heavy (non-hydrogen) atoms. The van der Waals surface area contributed by atoms with E-state index < -0.39 is 18.1 Å². The number of anilines is 2. The van der Waals surface area contributed by atoms with Crippen molar-refractivity contribution in [2.24, 2.45) is 0 Å². The van der Waals surface area contributed by atoms with Crippen LogP contribution >= 0.6 is 11.6 Å². The van der Waals surface area contributed by atoms with Crippen molar-refractivity contribution >= 4 is 28.3 Å². The summed E-state index contributed by atoms with van der Waals surface area (Å²) in [6.45, 7) is 0. The first-order valence-electron chi connectivity index (χ1n) is 11.5. The number of hydrogen-bond acceptors (Lipinski definition) is 1. The first-order valence-corrected chi connectivity index (χ1v) is 5.85. The molecule has 2 nitrogen and oxygen atoms in total. The van der Waals surface area contributed by atoms with E-state index in [4.69, 9.17) is 25.8 Å². The molecule has 0 spiro atoms. The van der Waals surface area contributed by atoms with Gasteiger partial charge in [0, 0.05) is 14.2 Å². The molecule has 2 aromatic rings. The number of benzene rings is 2. The van der Waals surface area contributed by atoms with Crippen LogP contribution in [0.3, 0.4) is 0 Å². The number of amides is 1. The summed E-state index contributed by atoms with van der Waals surface area (Å²) in [6.07, 6.45) is -4.64. The molecule has 0 aromatic heterocycles. The maximum atomic E-state index is 11.9. The lowest BCUT2D eigenvalue weighted by molar-refractivity contribution is 0.266. The van der Waals surface area contributed by atoms with E-state index in [1.54, 1.807) is 36.4 Å². The van der Waals surface area contributed by atoms with Gasteiger partial charge in [-0.25, -0.2) is 0 Å². The normalized spacial score (nSPS) is 21.6. The number of fused-ring (bicyclic) bond motifs is 2. The van der Waals surface area contributed by atoms with E-state index in [0.717, 1.165) is 4.90 Å². The zero-order valence-electron chi connectivity index (χ0n) is 21.4. The summed E-state index contributed by atoms with van der Waals surface area (Å²) in [5, 5.41) is -0.812. The van der Waals surface area contributed by atoms with Gasteiger partial charge in [-0.3, -0.25) is 9.69 Å². The Kier molecular flexibility index (Phi) is 2.58. The molecule has 0 atom stereocenters. The number of nitrogens with zero attached hydrogens (tertiary/aromatic N) is 1. The van der Waals surface area contributed by atoms with Crippen molar-refractivity contribution in [2.75, 3.05) is 4.90 Å². The molecular formula is C17H24ClNO. The number of halogens is 1. The van der Waals surface area contributed by atoms with Crippen molar-refractivity contribution < 1.29 is 19.0 Å². The van der Waals surface area contributed by atoms with Crippen molar-refractivity contribution in [1.82, 2.24) is 0 Å². The van der Waals surface area contributed by atoms with Crippen molar-refractivity contribution in [3.8, 4) is 0 Å². The molecule has 1 aliphatic heterocycles. The predicted molar refractivity (Wildman–Crippen MR) is 91.4 cm³/mol. The molecule has 0 unspecified atom stereocenters. The number of carbonyl (C=O) groups excluding carboxylic acids is 1. The highest BCUT2D eigenvalue weighted by Gasteiger charge is 2.23. The Morgan fingerprint density at radius 2 is 1.50 bits per heavy atom. The average Bonchev–Trinajstić information content (AvgIpc) is 2.84. The second-order valence-electron chi connectivity index (χ2n) is 3.87. The molecule has 1 aliphatic rings. The van der Waals surface area contributed by atoms with E-state index in [2.05, 4.69) is 0 Å². The summed E-state index contributed by atoms with van der Waals surface area (Å²) in [7, 11) is 2.50. The third-order valence-corrected chi connectivity index (χ3v) is 2.97. The van der Waals surface area contributed by atoms with Gasteiger partial charge in [-0.2, -0.15) is 0 Å². The van der Waals surface area contributed by atoms with Crippen LogP contribution in [0.4, 0.5) is 16.2 Å². The molecule has 0 saturated carbocycles. The van der Waals surface area contributed by atoms with Gasteiger partial charge in [0.05, 0.1) is 11.4 Å². The quantitative estimate of drug-likeness (QED) is 0.429. The van der Waals surface area contributed by atoms with Gasteiger partial charge in [0.25, 0.3) is 0 Å². The largest absolute Gasteiger partial charge is 0.325 e. The third-order valence-electron chi connectivity index (χ3n) is 2.80. The standard InChI is InChI=1S/C15H12ClNO.2CH4.2H2/c16-15(18)17-13-7-3-1-5-11(13)9-10-12-6-2-4-8-14(12)17;;;;/h1-8H,9-10H2;2*1H4;2*1H/i9D2,10D2;2*1D;2*1+1D. The summed E-state index contributed by atoms with van der Waals surface area (Å²) in [5.74, 6) is 0. The van der Waals surface area contributed by atoms with Crippen LogP contribution < -0.4 is 4.90 Å². The fraction of sp³-hybridized carbons (Fsp3) is 0.235. The molecular weight excluding hydrogens is 270 g/mol. The van der Waals surface area contributed by atoms with Crippen molar-refractivity contribution in [3.05, 3.63) is 59.7 Å². The van der Waals surface area contributed by atoms with Gasteiger partial charge in [0.2, 0.25) is 0 Å². The van der Waals surface area contributed by atoms with Crippen LogP contribution in [0, 0.1) is 0 Å². The van der Waals surface area contributed by atoms with Gasteiger partial charge >= 0.3 is 5.37 Å². The van der Waals surface area contributed by atoms with Gasteiger partial charge in [-0.1, -0.05) is 51.2 Å². The lowest BCUT2D eigenvalue weighted by Gasteiger charge is -2.21. The molecule has 1 amide bonds. The van der Waals surface area contributed by atoms with Crippen LogP contribution in [-0.2, 0) is 12.7 Å². The number of carbonyl (C=O) groups is 1. The van der Waals surface area contributed by atoms with Gasteiger partial charge in [0.1, 0.15) is 0 Å². The van der Waals surface area contributed by atoms with E-state index in [0.29, 0.717) is 0 Å². The molecule has 0 bridgehead atoms. The van der Waals surface area contributed by atoms with Crippen LogP contribution in [0.1, 0.15) is 40.1 Å². The Morgan fingerprint density at radius 1 is 1.10 bits per heavy atom. The lowest BCUT2D eigenvalue weighted by Crippen LogP contribution is -2.20. The van der Waals surface area contributed by atoms with Crippen molar-refractivity contribution in [1.29, 1.82) is 0 Å². The molecule has 1 heterocycles. The second-order valence-corrected chi connectivity index (χ2v) is 4.20. The van der Waals surface area contributed by atoms with Gasteiger partial charge in [-0.15, -0.1) is 0 Å². The molecule has 0 aliphatic carbocycles. The van der Waals surface area contributed by atoms with E-state index in [1.807, 2.05) is 0 Å². The first kappa shape index (κ1) is 7.84. The zero-order valence-corrected chi connectivity index (χ0v) is 12.1. The summed E-state index contributed by atoms with van der Waals surface area (Å²) < 4.78 is 64.8. The minimum absolute atomic E-state index is 0.0881. The van der Waals surface area contributed by atoms with Crippen LogP contribution in [0.25, 0.3) is 0 Å². The highest BCUT2D eigenvalue weighted by molar-refractivity contribution is 6.67. The Bertz CT molecular complexity index is 718. The molecule has 110 valence electrons. The average molecular weight is 304 g/mol. The topological polar surface area (TPSA) is 20.3 Å². The first-order chi connectivity index (χ1) is 14.3. The van der Waals surface area contributed by atoms with Crippen LogP contribution in [-0.4, -0.2) is 5.37 Å². The second kappa shape index (κ2) is 6.58. The number of aryl methyl sites for hydroxylation is 2. The lowest BCUT2D eigenvalue weighted by atomic mass is 10.0. The fourth-order valence-corrected chi connectivity index (χ4v) is 2.18. The molecule has 0 saturated heterocycles. The van der Waals surface area contributed by atoms with Gasteiger partial charge in [0.15, 0.2) is 0 Å². The highest BCUT2D eigenvalue weighted by Crippen LogP contribution is 2.36. The maximum absolute atomic E-state index is 11.9. The van der Waals surface area contributed by atoms with Crippen LogP contribution in [0.2, 0.25) is 0 Å². The summed E-state index contributed by atoms with van der Waals surface area (Å²) in [6, 6.07) is 12.6. The summed E-state index contributed by atoms with van der Waals surface area (Å²) in [5.41, 5.74) is 0.679. The zero-order chi connectivity index (χ0) is 24.1. The monoisotopic (exact) mass is 303 g/mol. The van der Waals surface area contributed by atoms with E-state index in [9.17, 15) is 4.79 Å². The molecule has 0 radical (unpaired) electrons. The molecule has 3 rings (SSSR count). The fourth-order valence-electron chi connectivity index (χ4n) is 2.00. The van der Waals surface area contributed by atoms with Crippen molar-refractivity contribution in [3.63, 3.8) is 0 Å². The van der Waals surface area contributed by atoms with Gasteiger partial charge in [-0.05, 0) is 47.6 Å². The Morgan fingerprint density at radius 3 is 1.90 bits per heavy atom.